The summed E-state index contributed by atoms with van der Waals surface area (Å²) in [6, 6.07) is 19.9. The van der Waals surface area contributed by atoms with E-state index in [1.54, 1.807) is 0 Å². The van der Waals surface area contributed by atoms with Gasteiger partial charge in [0.2, 0.25) is 0 Å². The van der Waals surface area contributed by atoms with E-state index >= 15 is 0 Å². The summed E-state index contributed by atoms with van der Waals surface area (Å²) in [7, 11) is 16.6. The maximum atomic E-state index is 4.77. The second kappa shape index (κ2) is 11.6. The van der Waals surface area contributed by atoms with Gasteiger partial charge in [-0.1, -0.05) is 29.6 Å². The van der Waals surface area contributed by atoms with Gasteiger partial charge in [0.25, 0.3) is 0 Å². The molecule has 1 N–H and O–H groups in total. The molecule has 0 amide bonds. The van der Waals surface area contributed by atoms with Crippen LogP contribution in [0.2, 0.25) is 0 Å². The Kier molecular flexibility index (Phi) is 8.21. The quantitative estimate of drug-likeness (QED) is 0.275. The van der Waals surface area contributed by atoms with Gasteiger partial charge in [-0.15, -0.1) is 0 Å². The van der Waals surface area contributed by atoms with Gasteiger partial charge in [-0.25, -0.2) is 4.99 Å². The van der Waals surface area contributed by atoms with Crippen LogP contribution < -0.4 is 20.0 Å². The fourth-order valence-corrected chi connectivity index (χ4v) is 6.60. The molecule has 0 saturated heterocycles. The van der Waals surface area contributed by atoms with Crippen LogP contribution in [0, 0.1) is 0 Å². The molecule has 6 rings (SSSR count). The van der Waals surface area contributed by atoms with E-state index < -0.39 is 0 Å². The minimum atomic E-state index is 0.357. The topological polar surface area (TPSA) is 37.4 Å². The first kappa shape index (κ1) is 28.2. The standard InChI is InChI=1S/2C16H19N3S/c2*1-18(2)11-5-7-13-15(9-11)20-16-10-12(19(3)4)6-8-14(16)17-13/h5-10,17H,1-4H3;5-11H,1-4H3. The van der Waals surface area contributed by atoms with E-state index in [4.69, 9.17) is 4.99 Å². The monoisotopic (exact) mass is 570 g/mol. The molecule has 0 bridgehead atoms. The van der Waals surface area contributed by atoms with Gasteiger partial charge in [0.1, 0.15) is 0 Å². The molecule has 0 aromatic heterocycles. The number of nitrogens with one attached hydrogen (secondary N) is 1. The van der Waals surface area contributed by atoms with Crippen LogP contribution in [0.25, 0.3) is 0 Å². The zero-order valence-corrected chi connectivity index (χ0v) is 26.2. The van der Waals surface area contributed by atoms with Crippen molar-refractivity contribution in [1.82, 2.24) is 4.90 Å². The maximum Gasteiger partial charge on any atom is 0.0778 e. The first-order chi connectivity index (χ1) is 19.1. The number of allylic oxidation sites excluding steroid dienone is 2. The van der Waals surface area contributed by atoms with Gasteiger partial charge in [-0.05, 0) is 80.8 Å². The number of benzene rings is 3. The SMILES string of the molecule is CN(C)c1ccc2c(c1)SC1=CC(N(C)C)C=CC1=N2.CN(C)c1ccc2c(c1)Sc1cc(N(C)C)ccc1N2. The van der Waals surface area contributed by atoms with Crippen molar-refractivity contribution >= 4 is 63.4 Å². The minimum absolute atomic E-state index is 0.357. The normalized spacial score (nSPS) is 16.2. The molecule has 2 heterocycles. The van der Waals surface area contributed by atoms with Crippen molar-refractivity contribution in [2.24, 2.45) is 4.99 Å². The van der Waals surface area contributed by atoms with Crippen LogP contribution in [0.1, 0.15) is 0 Å². The number of thioether (sulfide) groups is 1. The second-order valence-electron chi connectivity index (χ2n) is 10.9. The van der Waals surface area contributed by atoms with Crippen molar-refractivity contribution in [3.8, 4) is 0 Å². The molecule has 2 aliphatic heterocycles. The Balaban J connectivity index is 0.000000161. The summed E-state index contributed by atoms with van der Waals surface area (Å²) >= 11 is 3.65. The Morgan fingerprint density at radius 3 is 1.70 bits per heavy atom. The predicted octanol–water partition coefficient (Wildman–Crippen LogP) is 7.34. The lowest BCUT2D eigenvalue weighted by molar-refractivity contribution is 0.391. The van der Waals surface area contributed by atoms with E-state index in [1.165, 1.54) is 48.0 Å². The van der Waals surface area contributed by atoms with Crippen LogP contribution in [0.3, 0.4) is 0 Å². The highest BCUT2D eigenvalue weighted by Gasteiger charge is 2.22. The average molecular weight is 571 g/mol. The van der Waals surface area contributed by atoms with Crippen LogP contribution in [-0.2, 0) is 0 Å². The van der Waals surface area contributed by atoms with Crippen molar-refractivity contribution in [2.45, 2.75) is 20.7 Å². The summed E-state index contributed by atoms with van der Waals surface area (Å²) in [6.45, 7) is 0. The van der Waals surface area contributed by atoms with Gasteiger partial charge < -0.3 is 20.0 Å². The predicted molar refractivity (Wildman–Crippen MR) is 177 cm³/mol. The van der Waals surface area contributed by atoms with Gasteiger partial charge in [-0.3, -0.25) is 4.90 Å². The highest BCUT2D eigenvalue weighted by Crippen LogP contribution is 2.46. The zero-order chi connectivity index (χ0) is 28.6. The summed E-state index contributed by atoms with van der Waals surface area (Å²) in [5.74, 6) is 0. The molecule has 1 aliphatic carbocycles. The summed E-state index contributed by atoms with van der Waals surface area (Å²) < 4.78 is 0. The molecule has 3 aromatic rings. The third-order valence-electron chi connectivity index (χ3n) is 7.00. The number of rotatable bonds is 4. The van der Waals surface area contributed by atoms with Gasteiger partial charge in [0.05, 0.1) is 22.8 Å². The van der Waals surface area contributed by atoms with E-state index in [1.807, 2.05) is 23.5 Å². The highest BCUT2D eigenvalue weighted by molar-refractivity contribution is 8.04. The second-order valence-corrected chi connectivity index (χ2v) is 13.0. The smallest absolute Gasteiger partial charge is 0.0778 e. The highest BCUT2D eigenvalue weighted by atomic mass is 32.2. The number of nitrogens with zero attached hydrogens (tertiary/aromatic N) is 5. The average Bonchev–Trinajstić information content (AvgIpc) is 2.93. The molecule has 0 radical (unpaired) electrons. The molecular formula is C32H38N6S2. The Bertz CT molecular complexity index is 1450. The third-order valence-corrected chi connectivity index (χ3v) is 9.22. The molecular weight excluding hydrogens is 533 g/mol. The molecule has 6 nitrogen and oxygen atoms in total. The van der Waals surface area contributed by atoms with Crippen LogP contribution in [0.15, 0.2) is 97.4 Å². The molecule has 0 fully saturated rings. The van der Waals surface area contributed by atoms with Crippen LogP contribution in [0.5, 0.6) is 0 Å². The molecule has 3 aromatic carbocycles. The lowest BCUT2D eigenvalue weighted by Crippen LogP contribution is -2.27. The van der Waals surface area contributed by atoms with E-state index in [9.17, 15) is 0 Å². The van der Waals surface area contributed by atoms with Crippen molar-refractivity contribution in [1.29, 1.82) is 0 Å². The Morgan fingerprint density at radius 2 is 1.18 bits per heavy atom. The van der Waals surface area contributed by atoms with Gasteiger partial charge >= 0.3 is 0 Å². The largest absolute Gasteiger partial charge is 0.378 e. The molecule has 0 saturated carbocycles. The zero-order valence-electron chi connectivity index (χ0n) is 24.6. The van der Waals surface area contributed by atoms with Crippen molar-refractivity contribution in [3.63, 3.8) is 0 Å². The third kappa shape index (κ3) is 6.04. The molecule has 8 heteroatoms. The lowest BCUT2D eigenvalue weighted by atomic mass is 10.1. The number of anilines is 5. The van der Waals surface area contributed by atoms with E-state index in [0.29, 0.717) is 6.04 Å². The summed E-state index contributed by atoms with van der Waals surface area (Å²) in [4.78, 5) is 18.4. The molecule has 1 unspecified atom stereocenters. The van der Waals surface area contributed by atoms with E-state index in [0.717, 1.165) is 11.4 Å². The molecule has 208 valence electrons. The number of aliphatic imine (C=N–C) groups is 1. The first-order valence-corrected chi connectivity index (χ1v) is 14.9. The van der Waals surface area contributed by atoms with Crippen LogP contribution >= 0.6 is 23.5 Å². The molecule has 0 spiro atoms. The minimum Gasteiger partial charge on any atom is -0.378 e. The molecule has 3 aliphatic rings. The summed E-state index contributed by atoms with van der Waals surface area (Å²) in [6.07, 6.45) is 6.62. The fourth-order valence-electron chi connectivity index (χ4n) is 4.49. The van der Waals surface area contributed by atoms with Crippen molar-refractivity contribution < 1.29 is 0 Å². The lowest BCUT2D eigenvalue weighted by Gasteiger charge is -2.25. The Morgan fingerprint density at radius 1 is 0.650 bits per heavy atom. The van der Waals surface area contributed by atoms with Gasteiger partial charge in [0.15, 0.2) is 0 Å². The number of likely N-dealkylation sites (N-methyl/N-ethyl adjacent to an activating group) is 1. The van der Waals surface area contributed by atoms with Gasteiger partial charge in [-0.2, -0.15) is 0 Å². The fraction of sp³-hybridized carbons (Fsp3) is 0.281. The summed E-state index contributed by atoms with van der Waals surface area (Å²) in [5, 5.41) is 3.51. The Hall–Kier alpha value is -3.33. The van der Waals surface area contributed by atoms with E-state index in [2.05, 4.69) is 154 Å². The maximum absolute atomic E-state index is 4.77. The first-order valence-electron chi connectivity index (χ1n) is 13.3. The molecule has 40 heavy (non-hydrogen) atoms. The Labute approximate surface area is 247 Å². The van der Waals surface area contributed by atoms with E-state index in [-0.39, 0.29) is 0 Å². The number of hydrogen-bond acceptors (Lipinski definition) is 8. The van der Waals surface area contributed by atoms with Crippen LogP contribution in [0.4, 0.5) is 34.1 Å². The summed E-state index contributed by atoms with van der Waals surface area (Å²) in [5.41, 5.74) is 8.19. The van der Waals surface area contributed by atoms with Crippen molar-refractivity contribution in [3.05, 3.63) is 77.7 Å². The number of fused-ring (bicyclic) bond motifs is 4. The number of hydrogen-bond donors (Lipinski definition) is 1. The van der Waals surface area contributed by atoms with Gasteiger partial charge in [0, 0.05) is 85.0 Å². The molecule has 1 atom stereocenters. The van der Waals surface area contributed by atoms with Crippen LogP contribution in [-0.4, -0.2) is 73.0 Å². The van der Waals surface area contributed by atoms with Crippen molar-refractivity contribution in [2.75, 3.05) is 76.4 Å².